The molecule has 0 aromatic carbocycles. The number of hydrogen-bond acceptors (Lipinski definition) is 3. The number of tetrazole rings is 1. The van der Waals surface area contributed by atoms with E-state index in [1.807, 2.05) is 42.5 Å². The van der Waals surface area contributed by atoms with Crippen molar-refractivity contribution >= 4 is 5.57 Å². The van der Waals surface area contributed by atoms with E-state index in [2.05, 4.69) is 20.6 Å². The summed E-state index contributed by atoms with van der Waals surface area (Å²) in [7, 11) is 0. The lowest BCUT2D eigenvalue weighted by Crippen LogP contribution is -1.84. The van der Waals surface area contributed by atoms with Crippen molar-refractivity contribution in [3.8, 4) is 0 Å². The molecule has 13 heavy (non-hydrogen) atoms. The second-order valence-electron chi connectivity index (χ2n) is 2.49. The van der Waals surface area contributed by atoms with Gasteiger partial charge in [0.05, 0.1) is 0 Å². The second-order valence-corrected chi connectivity index (χ2v) is 2.49. The summed E-state index contributed by atoms with van der Waals surface area (Å²) in [6, 6.07) is 0. The molecule has 0 unspecified atom stereocenters. The van der Waals surface area contributed by atoms with E-state index < -0.39 is 0 Å². The Labute approximate surface area is 75.4 Å². The maximum atomic E-state index is 3.89. The molecule has 0 atom stereocenters. The molecule has 0 fully saturated rings. The van der Waals surface area contributed by atoms with Crippen LogP contribution < -0.4 is 0 Å². The van der Waals surface area contributed by atoms with Gasteiger partial charge in [-0.05, 0) is 5.21 Å². The standard InChI is InChI=1S/C9H8N4/c1-2-4-6-8(7-5-3-1)9-10-12-13-11-9/h1-7H,(H,10,11,12,13). The van der Waals surface area contributed by atoms with Crippen LogP contribution in [0.1, 0.15) is 5.82 Å². The Bertz CT molecular complexity index is 382. The molecule has 1 aromatic rings. The van der Waals surface area contributed by atoms with Gasteiger partial charge in [-0.15, -0.1) is 10.2 Å². The summed E-state index contributed by atoms with van der Waals surface area (Å²) >= 11 is 0. The van der Waals surface area contributed by atoms with Gasteiger partial charge in [0.1, 0.15) is 0 Å². The number of allylic oxidation sites excluding steroid dienone is 8. The normalized spacial score (nSPS) is 15.2. The van der Waals surface area contributed by atoms with Crippen LogP contribution in [0.4, 0.5) is 0 Å². The van der Waals surface area contributed by atoms with Crippen LogP contribution in [0.5, 0.6) is 0 Å². The van der Waals surface area contributed by atoms with Gasteiger partial charge in [-0.25, -0.2) is 0 Å². The van der Waals surface area contributed by atoms with Crippen molar-refractivity contribution in [2.45, 2.75) is 0 Å². The summed E-state index contributed by atoms with van der Waals surface area (Å²) < 4.78 is 0. The topological polar surface area (TPSA) is 54.5 Å². The van der Waals surface area contributed by atoms with E-state index >= 15 is 0 Å². The molecule has 4 heteroatoms. The highest BCUT2D eigenvalue weighted by Gasteiger charge is 2.01. The third-order valence-corrected chi connectivity index (χ3v) is 1.60. The zero-order valence-electron chi connectivity index (χ0n) is 6.88. The van der Waals surface area contributed by atoms with Gasteiger partial charge < -0.3 is 0 Å². The van der Waals surface area contributed by atoms with Crippen LogP contribution in [0.2, 0.25) is 0 Å². The molecular weight excluding hydrogens is 164 g/mol. The first-order chi connectivity index (χ1) is 6.47. The Kier molecular flexibility index (Phi) is 2.14. The van der Waals surface area contributed by atoms with Crippen molar-refractivity contribution in [2.24, 2.45) is 0 Å². The third-order valence-electron chi connectivity index (χ3n) is 1.60. The zero-order chi connectivity index (χ0) is 8.93. The first kappa shape index (κ1) is 7.67. The Morgan fingerprint density at radius 2 is 1.85 bits per heavy atom. The van der Waals surface area contributed by atoms with E-state index in [1.54, 1.807) is 0 Å². The molecule has 0 amide bonds. The van der Waals surface area contributed by atoms with Crippen LogP contribution in [0.15, 0.2) is 42.5 Å². The summed E-state index contributed by atoms with van der Waals surface area (Å²) in [5, 5.41) is 13.7. The number of aromatic nitrogens is 4. The van der Waals surface area contributed by atoms with Crippen LogP contribution in [-0.2, 0) is 0 Å². The highest BCUT2D eigenvalue weighted by atomic mass is 15.5. The minimum Gasteiger partial charge on any atom is -0.177 e. The summed E-state index contributed by atoms with van der Waals surface area (Å²) in [6.07, 6.45) is 13.6. The average Bonchev–Trinajstić information content (AvgIpc) is 2.55. The Hall–Kier alpha value is -1.97. The number of hydrogen-bond donors (Lipinski definition) is 1. The number of nitrogens with zero attached hydrogens (tertiary/aromatic N) is 3. The minimum atomic E-state index is 0.608. The number of nitrogens with one attached hydrogen (secondary N) is 1. The molecule has 0 saturated heterocycles. The minimum absolute atomic E-state index is 0.608. The highest BCUT2D eigenvalue weighted by Crippen LogP contribution is 2.10. The van der Waals surface area contributed by atoms with Gasteiger partial charge in [0, 0.05) is 5.57 Å². The van der Waals surface area contributed by atoms with Crippen molar-refractivity contribution in [1.29, 1.82) is 0 Å². The van der Waals surface area contributed by atoms with E-state index in [4.69, 9.17) is 0 Å². The summed E-state index contributed by atoms with van der Waals surface area (Å²) in [5.41, 5.74) is 0.939. The third kappa shape index (κ3) is 1.79. The first-order valence-electron chi connectivity index (χ1n) is 3.92. The van der Waals surface area contributed by atoms with Crippen LogP contribution >= 0.6 is 0 Å². The van der Waals surface area contributed by atoms with Gasteiger partial charge in [-0.2, -0.15) is 5.21 Å². The number of H-pyrrole nitrogens is 1. The Morgan fingerprint density at radius 1 is 1.00 bits per heavy atom. The van der Waals surface area contributed by atoms with Crippen molar-refractivity contribution in [3.05, 3.63) is 48.4 Å². The first-order valence-corrected chi connectivity index (χ1v) is 3.92. The predicted octanol–water partition coefficient (Wildman–Crippen LogP) is 1.27. The van der Waals surface area contributed by atoms with Gasteiger partial charge in [-0.3, -0.25) is 0 Å². The fourth-order valence-electron chi connectivity index (χ4n) is 1.000. The number of rotatable bonds is 1. The fraction of sp³-hybridized carbons (Fsp3) is 0. The summed E-state index contributed by atoms with van der Waals surface area (Å²) in [5.74, 6) is 0.608. The maximum Gasteiger partial charge on any atom is 0.204 e. The lowest BCUT2D eigenvalue weighted by molar-refractivity contribution is 0.881. The molecular formula is C9H8N4. The monoisotopic (exact) mass is 172 g/mol. The number of aromatic amines is 1. The molecule has 1 N–H and O–H groups in total. The quantitative estimate of drug-likeness (QED) is 0.693. The molecule has 64 valence electrons. The molecule has 0 bridgehead atoms. The molecule has 0 aliphatic heterocycles. The summed E-state index contributed by atoms with van der Waals surface area (Å²) in [6.45, 7) is 0. The van der Waals surface area contributed by atoms with Crippen LogP contribution in [0.25, 0.3) is 5.57 Å². The highest BCUT2D eigenvalue weighted by molar-refractivity contribution is 5.71. The van der Waals surface area contributed by atoms with Crippen molar-refractivity contribution in [3.63, 3.8) is 0 Å². The van der Waals surface area contributed by atoms with Gasteiger partial charge in [-0.1, -0.05) is 42.5 Å². The maximum absolute atomic E-state index is 3.89. The SMILES string of the molecule is C1=CC=CC(c2nn[nH]n2)=CC=C1. The van der Waals surface area contributed by atoms with E-state index in [0.29, 0.717) is 5.82 Å². The van der Waals surface area contributed by atoms with Gasteiger partial charge in [0.2, 0.25) is 5.82 Å². The summed E-state index contributed by atoms with van der Waals surface area (Å²) in [4.78, 5) is 0. The molecule has 2 rings (SSSR count). The van der Waals surface area contributed by atoms with Crippen molar-refractivity contribution < 1.29 is 0 Å². The zero-order valence-corrected chi connectivity index (χ0v) is 6.88. The molecule has 1 aromatic heterocycles. The van der Waals surface area contributed by atoms with Crippen LogP contribution in [0, 0.1) is 0 Å². The van der Waals surface area contributed by atoms with E-state index in [9.17, 15) is 0 Å². The predicted molar refractivity (Wildman–Crippen MR) is 49.6 cm³/mol. The van der Waals surface area contributed by atoms with E-state index in [-0.39, 0.29) is 0 Å². The van der Waals surface area contributed by atoms with E-state index in [1.165, 1.54) is 0 Å². The Balaban J connectivity index is 2.33. The molecule has 1 aliphatic carbocycles. The average molecular weight is 172 g/mol. The van der Waals surface area contributed by atoms with Gasteiger partial charge in [0.25, 0.3) is 0 Å². The molecule has 0 radical (unpaired) electrons. The lowest BCUT2D eigenvalue weighted by Gasteiger charge is -1.92. The fourth-order valence-corrected chi connectivity index (χ4v) is 1.000. The molecule has 1 aliphatic rings. The largest absolute Gasteiger partial charge is 0.204 e. The smallest absolute Gasteiger partial charge is 0.177 e. The van der Waals surface area contributed by atoms with E-state index in [0.717, 1.165) is 5.57 Å². The Morgan fingerprint density at radius 3 is 2.69 bits per heavy atom. The van der Waals surface area contributed by atoms with Gasteiger partial charge in [0.15, 0.2) is 0 Å². The molecule has 4 nitrogen and oxygen atoms in total. The van der Waals surface area contributed by atoms with Crippen molar-refractivity contribution in [1.82, 2.24) is 20.6 Å². The molecule has 0 saturated carbocycles. The molecule has 0 spiro atoms. The van der Waals surface area contributed by atoms with Crippen molar-refractivity contribution in [2.75, 3.05) is 0 Å². The second kappa shape index (κ2) is 3.62. The lowest BCUT2D eigenvalue weighted by atomic mass is 10.2. The molecule has 1 heterocycles. The van der Waals surface area contributed by atoms with Crippen LogP contribution in [-0.4, -0.2) is 20.6 Å². The van der Waals surface area contributed by atoms with Crippen LogP contribution in [0.3, 0.4) is 0 Å². The van der Waals surface area contributed by atoms with Gasteiger partial charge >= 0.3 is 0 Å².